The van der Waals surface area contributed by atoms with Crippen LogP contribution in [0.2, 0.25) is 4.34 Å². The smallest absolute Gasteiger partial charge is 0.405 e. The molecule has 0 unspecified atom stereocenters. The minimum absolute atomic E-state index is 0.226. The molecule has 2 aromatic rings. The first-order chi connectivity index (χ1) is 9.33. The highest BCUT2D eigenvalue weighted by Crippen LogP contribution is 2.32. The molecule has 1 aromatic heterocycles. The molecule has 0 aliphatic carbocycles. The van der Waals surface area contributed by atoms with Crippen LogP contribution in [0.4, 0.5) is 18.9 Å². The van der Waals surface area contributed by atoms with Crippen LogP contribution >= 0.6 is 38.9 Å². The van der Waals surface area contributed by atoms with Gasteiger partial charge in [-0.15, -0.1) is 24.5 Å². The third kappa shape index (κ3) is 4.57. The Kier molecular flexibility index (Phi) is 4.82. The molecule has 1 aromatic carbocycles. The highest BCUT2D eigenvalue weighted by molar-refractivity contribution is 9.10. The summed E-state index contributed by atoms with van der Waals surface area (Å²) in [7, 11) is 0. The lowest BCUT2D eigenvalue weighted by molar-refractivity contribution is -0.274. The van der Waals surface area contributed by atoms with Crippen LogP contribution in [0.5, 0.6) is 5.75 Å². The molecule has 0 aliphatic rings. The second-order valence-electron chi connectivity index (χ2n) is 3.75. The molecule has 1 heterocycles. The number of ether oxygens (including phenoxy) is 1. The van der Waals surface area contributed by atoms with E-state index in [-0.39, 0.29) is 10.2 Å². The minimum atomic E-state index is -4.70. The van der Waals surface area contributed by atoms with Gasteiger partial charge in [0.05, 0.1) is 8.81 Å². The summed E-state index contributed by atoms with van der Waals surface area (Å²) >= 11 is 10.3. The van der Waals surface area contributed by atoms with Gasteiger partial charge in [-0.05, 0) is 46.3 Å². The number of anilines is 1. The van der Waals surface area contributed by atoms with Gasteiger partial charge in [0.1, 0.15) is 5.75 Å². The average Bonchev–Trinajstić information content (AvgIpc) is 2.74. The fraction of sp³-hybridized carbons (Fsp3) is 0.167. The van der Waals surface area contributed by atoms with Gasteiger partial charge in [-0.1, -0.05) is 11.6 Å². The third-order valence-electron chi connectivity index (χ3n) is 2.25. The number of halogens is 5. The van der Waals surface area contributed by atoms with Crippen LogP contribution in [0.1, 0.15) is 4.88 Å². The average molecular weight is 387 g/mol. The third-order valence-corrected chi connectivity index (χ3v) is 4.10. The first-order valence-electron chi connectivity index (χ1n) is 5.37. The van der Waals surface area contributed by atoms with Crippen molar-refractivity contribution in [3.8, 4) is 5.75 Å². The lowest BCUT2D eigenvalue weighted by Crippen LogP contribution is -2.17. The number of nitrogens with one attached hydrogen (secondary N) is 1. The zero-order chi connectivity index (χ0) is 14.8. The van der Waals surface area contributed by atoms with E-state index in [0.29, 0.717) is 16.6 Å². The van der Waals surface area contributed by atoms with Crippen molar-refractivity contribution >= 4 is 44.6 Å². The quantitative estimate of drug-likeness (QED) is 0.730. The molecule has 0 amide bonds. The molecular weight excluding hydrogens is 379 g/mol. The van der Waals surface area contributed by atoms with Crippen LogP contribution in [0, 0.1) is 0 Å². The number of alkyl halides is 3. The van der Waals surface area contributed by atoms with Gasteiger partial charge in [-0.2, -0.15) is 0 Å². The zero-order valence-electron chi connectivity index (χ0n) is 9.80. The number of rotatable bonds is 4. The van der Waals surface area contributed by atoms with Crippen molar-refractivity contribution in [2.24, 2.45) is 0 Å². The van der Waals surface area contributed by atoms with Gasteiger partial charge in [0.15, 0.2) is 0 Å². The van der Waals surface area contributed by atoms with Crippen LogP contribution in [0.25, 0.3) is 0 Å². The second-order valence-corrected chi connectivity index (χ2v) is 6.41. The monoisotopic (exact) mass is 385 g/mol. The van der Waals surface area contributed by atoms with E-state index in [9.17, 15) is 13.2 Å². The Morgan fingerprint density at radius 2 is 2.00 bits per heavy atom. The SMILES string of the molecule is FC(F)(F)Oc1ccc(NCc2ccc(Cl)s2)cc1Br. The molecule has 0 saturated carbocycles. The maximum absolute atomic E-state index is 12.1. The van der Waals surface area contributed by atoms with Crippen LogP contribution in [-0.4, -0.2) is 6.36 Å². The van der Waals surface area contributed by atoms with Crippen molar-refractivity contribution in [1.29, 1.82) is 0 Å². The Morgan fingerprint density at radius 1 is 1.25 bits per heavy atom. The standard InChI is InChI=1S/C12H8BrClF3NOS/c13-9-5-7(1-3-10(9)19-12(15,16)17)18-6-8-2-4-11(14)20-8/h1-5,18H,6H2. The molecule has 2 rings (SSSR count). The highest BCUT2D eigenvalue weighted by Gasteiger charge is 2.31. The fourth-order valence-corrected chi connectivity index (χ4v) is 2.94. The van der Waals surface area contributed by atoms with Crippen LogP contribution < -0.4 is 10.1 Å². The molecule has 0 atom stereocenters. The molecule has 0 bridgehead atoms. The van der Waals surface area contributed by atoms with Crippen LogP contribution in [0.15, 0.2) is 34.8 Å². The number of hydrogen-bond donors (Lipinski definition) is 1. The fourth-order valence-electron chi connectivity index (χ4n) is 1.45. The lowest BCUT2D eigenvalue weighted by Gasteiger charge is -2.12. The molecule has 108 valence electrons. The number of benzene rings is 1. The normalized spacial score (nSPS) is 11.4. The molecule has 8 heteroatoms. The molecule has 0 saturated heterocycles. The highest BCUT2D eigenvalue weighted by atomic mass is 79.9. The summed E-state index contributed by atoms with van der Waals surface area (Å²) in [5.74, 6) is -0.276. The van der Waals surface area contributed by atoms with Gasteiger partial charge in [0.2, 0.25) is 0 Å². The topological polar surface area (TPSA) is 21.3 Å². The second kappa shape index (κ2) is 6.24. The molecule has 20 heavy (non-hydrogen) atoms. The Balaban J connectivity index is 2.01. The summed E-state index contributed by atoms with van der Waals surface area (Å²) < 4.78 is 41.2. The van der Waals surface area contributed by atoms with Gasteiger partial charge >= 0.3 is 6.36 Å². The van der Waals surface area contributed by atoms with Crippen LogP contribution in [-0.2, 0) is 6.54 Å². The predicted octanol–water partition coefficient (Wildman–Crippen LogP) is 5.67. The van der Waals surface area contributed by atoms with E-state index in [1.54, 1.807) is 6.07 Å². The Bertz CT molecular complexity index is 603. The number of thiophene rings is 1. The van der Waals surface area contributed by atoms with Crippen molar-refractivity contribution in [2.75, 3.05) is 5.32 Å². The summed E-state index contributed by atoms with van der Waals surface area (Å²) in [6, 6.07) is 7.97. The van der Waals surface area contributed by atoms with Crippen LogP contribution in [0.3, 0.4) is 0 Å². The lowest BCUT2D eigenvalue weighted by atomic mass is 10.3. The van der Waals surface area contributed by atoms with Crippen molar-refractivity contribution in [1.82, 2.24) is 0 Å². The summed E-state index contributed by atoms with van der Waals surface area (Å²) in [6.45, 7) is 0.545. The van der Waals surface area contributed by atoms with E-state index >= 15 is 0 Å². The maximum atomic E-state index is 12.1. The number of hydrogen-bond acceptors (Lipinski definition) is 3. The van der Waals surface area contributed by atoms with Gasteiger partial charge in [-0.25, -0.2) is 0 Å². The zero-order valence-corrected chi connectivity index (χ0v) is 13.0. The molecule has 0 radical (unpaired) electrons. The Labute approximate surface area is 130 Å². The predicted molar refractivity (Wildman–Crippen MR) is 77.5 cm³/mol. The van der Waals surface area contributed by atoms with Crippen molar-refractivity contribution in [3.05, 3.63) is 44.0 Å². The van der Waals surface area contributed by atoms with E-state index in [1.165, 1.54) is 29.5 Å². The van der Waals surface area contributed by atoms with Gasteiger partial charge < -0.3 is 10.1 Å². The van der Waals surface area contributed by atoms with E-state index in [4.69, 9.17) is 11.6 Å². The van der Waals surface area contributed by atoms with E-state index in [1.807, 2.05) is 6.07 Å². The largest absolute Gasteiger partial charge is 0.573 e. The van der Waals surface area contributed by atoms with E-state index < -0.39 is 6.36 Å². The van der Waals surface area contributed by atoms with E-state index in [0.717, 1.165) is 4.88 Å². The molecular formula is C12H8BrClF3NOS. The molecule has 0 fully saturated rings. The summed E-state index contributed by atoms with van der Waals surface area (Å²) in [4.78, 5) is 1.03. The van der Waals surface area contributed by atoms with Gasteiger partial charge in [0, 0.05) is 17.1 Å². The van der Waals surface area contributed by atoms with Gasteiger partial charge in [-0.3, -0.25) is 0 Å². The maximum Gasteiger partial charge on any atom is 0.573 e. The Morgan fingerprint density at radius 3 is 2.55 bits per heavy atom. The molecule has 0 aliphatic heterocycles. The molecule has 1 N–H and O–H groups in total. The van der Waals surface area contributed by atoms with Crippen molar-refractivity contribution in [3.63, 3.8) is 0 Å². The van der Waals surface area contributed by atoms with E-state index in [2.05, 4.69) is 26.0 Å². The summed E-state index contributed by atoms with van der Waals surface area (Å²) in [6.07, 6.45) is -4.70. The summed E-state index contributed by atoms with van der Waals surface area (Å²) in [5, 5.41) is 3.09. The van der Waals surface area contributed by atoms with Crippen molar-refractivity contribution in [2.45, 2.75) is 12.9 Å². The van der Waals surface area contributed by atoms with Gasteiger partial charge in [0.25, 0.3) is 0 Å². The molecule has 2 nitrogen and oxygen atoms in total. The summed E-state index contributed by atoms with van der Waals surface area (Å²) in [5.41, 5.74) is 0.677. The Hall–Kier alpha value is -0.920. The first kappa shape index (κ1) is 15.5. The van der Waals surface area contributed by atoms with Crippen molar-refractivity contribution < 1.29 is 17.9 Å². The first-order valence-corrected chi connectivity index (χ1v) is 7.35. The molecule has 0 spiro atoms. The minimum Gasteiger partial charge on any atom is -0.405 e.